The Labute approximate surface area is 213 Å². The van der Waals surface area contributed by atoms with E-state index in [1.807, 2.05) is 27.7 Å². The first-order valence-corrected chi connectivity index (χ1v) is 11.7. The van der Waals surface area contributed by atoms with Gasteiger partial charge >= 0.3 is 5.97 Å². The molecule has 0 heterocycles. The summed E-state index contributed by atoms with van der Waals surface area (Å²) in [5.41, 5.74) is 4.97. The van der Waals surface area contributed by atoms with E-state index in [4.69, 9.17) is 28.8 Å². The number of carboxylic acids is 1. The van der Waals surface area contributed by atoms with Crippen molar-refractivity contribution >= 4 is 30.4 Å². The molecule has 232 valence electrons. The number of nitrogens with two attached hydrogens (primary N) is 1. The number of benzene rings is 1. The fourth-order valence-corrected chi connectivity index (χ4v) is 2.06. The van der Waals surface area contributed by atoms with E-state index in [1.54, 1.807) is 30.7 Å². The molecule has 0 aliphatic heterocycles. The van der Waals surface area contributed by atoms with Crippen molar-refractivity contribution in [2.24, 2.45) is 5.73 Å². The number of anilines is 1. The van der Waals surface area contributed by atoms with E-state index in [0.717, 1.165) is 6.41 Å². The maximum absolute atomic E-state index is 12.0. The number of amides is 3. The van der Waals surface area contributed by atoms with Gasteiger partial charge in [0.05, 0.1) is 65.7 Å². The fourth-order valence-electron chi connectivity index (χ4n) is 2.06. The van der Waals surface area contributed by atoms with Crippen molar-refractivity contribution in [3.63, 3.8) is 0 Å². The third-order valence-corrected chi connectivity index (χ3v) is 3.43. The van der Waals surface area contributed by atoms with E-state index in [1.165, 1.54) is 0 Å². The van der Waals surface area contributed by atoms with Crippen LogP contribution in [0.5, 0.6) is 0 Å². The monoisotopic (exact) mass is 1030 g/mol. The Hall–Kier alpha value is -5.06. The molecule has 0 spiro atoms. The smallest absolute Gasteiger partial charge is 0.305 e. The van der Waals surface area contributed by atoms with E-state index in [2.05, 4.69) is 16.4 Å². The molecule has 1 rings (SSSR count). The molecule has 0 atom stereocenters. The molecule has 0 unspecified atom stereocenters. The summed E-state index contributed by atoms with van der Waals surface area (Å²) in [4.78, 5) is 41.0. The first-order chi connectivity index (χ1) is 17.5. The molecule has 0 fully saturated rings. The molecule has 38 heavy (non-hydrogen) atoms. The van der Waals surface area contributed by atoms with Gasteiger partial charge in [-0.1, -0.05) is 39.8 Å². The average molecular weight is 1030 g/mol. The van der Waals surface area contributed by atoms with Gasteiger partial charge in [-0.05, 0) is 0 Å². The molecule has 3 amide bonds. The second kappa shape index (κ2) is 36.5. The number of hydrogen-bond donors (Lipinski definition) is 4. The van der Waals surface area contributed by atoms with Crippen LogP contribution in [0.2, 0.25) is 0 Å². The fraction of sp³-hybridized carbons (Fsp3) is 0.583. The molecule has 0 aliphatic rings. The van der Waals surface area contributed by atoms with E-state index >= 15 is 0 Å². The van der Waals surface area contributed by atoms with E-state index in [0.29, 0.717) is 64.0 Å². The van der Waals surface area contributed by atoms with Gasteiger partial charge < -0.3 is 50.0 Å². The van der Waals surface area contributed by atoms with Gasteiger partial charge in [-0.25, -0.2) is 0 Å². The van der Waals surface area contributed by atoms with Crippen LogP contribution in [0.4, 0.5) is 5.69 Å². The molecule has 0 saturated carbocycles. The summed E-state index contributed by atoms with van der Waals surface area (Å²) >= 11 is 0. The SMILES string of the molecule is CC.CC.N[C-]=O.O=[C-]Nc1cccc(C(=O)NCCOCCOCCOCCOCCC(=O)O)c1.[Fm].[Fm]. The number of hydrogen-bond acceptors (Lipinski definition) is 8. The number of primary amides is 1. The number of aliphatic carboxylic acids is 1. The van der Waals surface area contributed by atoms with Crippen LogP contribution < -0.4 is 16.4 Å². The molecular weight excluding hydrogens is 988 g/mol. The van der Waals surface area contributed by atoms with Gasteiger partial charge in [-0.2, -0.15) is 6.41 Å². The maximum Gasteiger partial charge on any atom is 0.305 e. The summed E-state index contributed by atoms with van der Waals surface area (Å²) in [6.45, 7) is 11.2. The molecule has 1 aromatic carbocycles. The molecule has 0 bridgehead atoms. The first-order valence-electron chi connectivity index (χ1n) is 11.7. The zero-order chi connectivity index (χ0) is 27.9. The predicted octanol–water partition coefficient (Wildman–Crippen LogP) is 1.50. The largest absolute Gasteiger partial charge is 0.543 e. The number of ether oxygens (including phenoxy) is 4. The van der Waals surface area contributed by atoms with Crippen LogP contribution in [0.15, 0.2) is 24.3 Å². The molecule has 5 N–H and O–H groups in total. The van der Waals surface area contributed by atoms with Crippen LogP contribution in [0, 0.1) is 0 Å². The maximum atomic E-state index is 12.0. The molecule has 0 aliphatic carbocycles. The number of nitrogens with one attached hydrogen (secondary N) is 2. The quantitative estimate of drug-likeness (QED) is 0.0966. The van der Waals surface area contributed by atoms with Crippen molar-refractivity contribution < 1.29 is 43.2 Å². The van der Waals surface area contributed by atoms with Crippen molar-refractivity contribution in [2.45, 2.75) is 34.1 Å². The van der Waals surface area contributed by atoms with Crippen molar-refractivity contribution in [1.82, 2.24) is 5.32 Å². The van der Waals surface area contributed by atoms with Crippen LogP contribution in [-0.4, -0.2) is 89.2 Å². The second-order valence-electron chi connectivity index (χ2n) is 5.77. The van der Waals surface area contributed by atoms with Gasteiger partial charge in [0.2, 0.25) is 5.91 Å². The molecule has 0 saturated heterocycles. The first kappa shape index (κ1) is 43.0. The minimum Gasteiger partial charge on any atom is -0.543 e. The van der Waals surface area contributed by atoms with Gasteiger partial charge in [-0.3, -0.25) is 9.59 Å². The molecule has 12 nitrogen and oxygen atoms in total. The Bertz CT molecular complexity index is 673. The Morgan fingerprint density at radius 2 is 1.29 bits per heavy atom. The van der Waals surface area contributed by atoms with Crippen LogP contribution in [0.25, 0.3) is 0 Å². The summed E-state index contributed by atoms with van der Waals surface area (Å²) in [7, 11) is 0. The number of carboxylic acid groups (broad SMARTS) is 1. The van der Waals surface area contributed by atoms with Crippen molar-refractivity contribution in [1.29, 1.82) is 0 Å². The summed E-state index contributed by atoms with van der Waals surface area (Å²) in [5, 5.41) is 13.5. The van der Waals surface area contributed by atoms with Gasteiger partial charge in [0.15, 0.2) is 0 Å². The second-order valence-corrected chi connectivity index (χ2v) is 5.77. The zero-order valence-electron chi connectivity index (χ0n) is 22.2. The van der Waals surface area contributed by atoms with Crippen LogP contribution in [-0.2, 0) is 33.3 Å². The van der Waals surface area contributed by atoms with Gasteiger partial charge in [0, 0.05) is 12.1 Å². The minimum atomic E-state index is -0.888. The van der Waals surface area contributed by atoms with E-state index in [-0.39, 0.29) is 18.9 Å². The van der Waals surface area contributed by atoms with Gasteiger partial charge in [-0.15, -0.1) is 17.8 Å². The topological polar surface area (TPSA) is 176 Å². The van der Waals surface area contributed by atoms with Gasteiger partial charge in [0.1, 0.15) is 0 Å². The Balaban J connectivity index is -0.000000367. The Morgan fingerprint density at radius 1 is 0.842 bits per heavy atom. The average Bonchev–Trinajstić information content (AvgIpc) is 2.89. The van der Waals surface area contributed by atoms with E-state index < -0.39 is 5.97 Å². The number of rotatable bonds is 18. The van der Waals surface area contributed by atoms with Crippen LogP contribution in [0.1, 0.15) is 44.5 Å². The summed E-state index contributed by atoms with van der Waals surface area (Å²) in [6.07, 6.45) is 2.54. The molecule has 1 aromatic rings. The summed E-state index contributed by atoms with van der Waals surface area (Å²) < 4.78 is 21.0. The summed E-state index contributed by atoms with van der Waals surface area (Å²) in [6, 6.07) is 6.52. The predicted molar refractivity (Wildman–Crippen MR) is 136 cm³/mol. The Morgan fingerprint density at radius 3 is 1.74 bits per heavy atom. The van der Waals surface area contributed by atoms with E-state index in [9.17, 15) is 14.4 Å². The number of carbonyl (C=O) groups is 2. The van der Waals surface area contributed by atoms with Crippen molar-refractivity contribution in [2.75, 3.05) is 64.7 Å². The van der Waals surface area contributed by atoms with Crippen molar-refractivity contribution in [3.8, 4) is 0 Å². The van der Waals surface area contributed by atoms with Crippen molar-refractivity contribution in [3.05, 3.63) is 29.8 Å². The number of carbonyl (C=O) groups excluding carboxylic acids is 3. The molecule has 14 heteroatoms. The van der Waals surface area contributed by atoms with Crippen LogP contribution >= 0.6 is 0 Å². The molecule has 0 radical (unpaired) electrons. The third kappa shape index (κ3) is 30.9. The molecular formula is C24H41Fm2N3O9-2. The standard InChI is InChI=1S/C19H27N2O8.2C2H6.CH2NO.2Fm/c22-15-21-17-3-1-2-16(14-17)19(25)20-5-7-27-9-11-29-13-12-28-10-8-26-6-4-18(23)24;2*1-2;2-1-3;;/h1-3,14H,4-13H2,(H,20,25)(H,21,22)(H,23,24);2*1-2H3;(H2,2,3);;/q-1;;;-1;;. The Kier molecular flexibility index (Phi) is 41.4. The molecule has 0 aromatic heterocycles. The minimum absolute atomic E-state index is 0. The normalized spacial score (nSPS) is 8.63. The van der Waals surface area contributed by atoms with Gasteiger partial charge in [0.25, 0.3) is 0 Å². The summed E-state index contributed by atoms with van der Waals surface area (Å²) in [5.74, 6) is -1.15. The zero-order valence-corrected chi connectivity index (χ0v) is 27.1. The third-order valence-electron chi connectivity index (χ3n) is 3.43. The van der Waals surface area contributed by atoms with Crippen LogP contribution in [0.3, 0.4) is 0 Å².